The van der Waals surface area contributed by atoms with Crippen LogP contribution in [0.3, 0.4) is 0 Å². The second-order valence-electron chi connectivity index (χ2n) is 5.03. The van der Waals surface area contributed by atoms with Gasteiger partial charge in [0.2, 0.25) is 0 Å². The number of thiazole rings is 1. The van der Waals surface area contributed by atoms with Crippen LogP contribution in [0.25, 0.3) is 0 Å². The van der Waals surface area contributed by atoms with E-state index in [1.54, 1.807) is 11.3 Å². The van der Waals surface area contributed by atoms with Crippen LogP contribution < -0.4 is 5.32 Å². The molecular weight excluding hydrogens is 290 g/mol. The summed E-state index contributed by atoms with van der Waals surface area (Å²) in [5, 5.41) is 5.96. The van der Waals surface area contributed by atoms with Gasteiger partial charge in [0.25, 0.3) is 6.43 Å². The summed E-state index contributed by atoms with van der Waals surface area (Å²) in [6, 6.07) is 8.99. The van der Waals surface area contributed by atoms with Crippen LogP contribution in [0, 0.1) is 6.92 Å². The number of hydrogen-bond acceptors (Lipinski definition) is 3. The summed E-state index contributed by atoms with van der Waals surface area (Å²) in [7, 11) is 0. The maximum absolute atomic E-state index is 13.1. The zero-order chi connectivity index (χ0) is 15.1. The number of nitrogens with zero attached hydrogens (tertiary/aromatic N) is 1. The molecule has 1 aromatic heterocycles. The Morgan fingerprint density at radius 3 is 2.57 bits per heavy atom. The van der Waals surface area contributed by atoms with Gasteiger partial charge in [0.1, 0.15) is 0 Å². The molecule has 0 aliphatic carbocycles. The zero-order valence-corrected chi connectivity index (χ0v) is 12.9. The van der Waals surface area contributed by atoms with Gasteiger partial charge >= 0.3 is 0 Å². The van der Waals surface area contributed by atoms with E-state index in [0.717, 1.165) is 16.3 Å². The summed E-state index contributed by atoms with van der Waals surface area (Å²) >= 11 is 1.59. The lowest BCUT2D eigenvalue weighted by Gasteiger charge is -2.17. The van der Waals surface area contributed by atoms with E-state index in [1.807, 2.05) is 42.6 Å². The lowest BCUT2D eigenvalue weighted by molar-refractivity contribution is 0.0944. The normalized spacial score (nSPS) is 12.8. The number of aryl methyl sites for hydroxylation is 2. The second kappa shape index (κ2) is 8.20. The average molecular weight is 310 g/mol. The number of halogens is 2. The molecule has 0 spiro atoms. The fraction of sp³-hybridized carbons (Fsp3) is 0.438. The van der Waals surface area contributed by atoms with Crippen molar-refractivity contribution in [1.29, 1.82) is 0 Å². The maximum Gasteiger partial charge on any atom is 0.253 e. The standard InChI is InChI=1S/C16H20F2N2S/c1-12-20-14(11-21-12)9-10-19-15(16(17)18)8-7-13-5-3-2-4-6-13/h2-6,11,15-16,19H,7-10H2,1H3/t15-/m1/s1. The van der Waals surface area contributed by atoms with Crippen molar-refractivity contribution < 1.29 is 8.78 Å². The molecule has 1 aromatic carbocycles. The molecule has 0 saturated carbocycles. The molecule has 1 heterocycles. The molecule has 0 radical (unpaired) electrons. The summed E-state index contributed by atoms with van der Waals surface area (Å²) in [5.41, 5.74) is 2.07. The summed E-state index contributed by atoms with van der Waals surface area (Å²) in [6.07, 6.45) is -0.541. The summed E-state index contributed by atoms with van der Waals surface area (Å²) in [5.74, 6) is 0. The van der Waals surface area contributed by atoms with Gasteiger partial charge in [0, 0.05) is 18.3 Å². The third kappa shape index (κ3) is 5.52. The van der Waals surface area contributed by atoms with Gasteiger partial charge in [-0.3, -0.25) is 0 Å². The molecule has 0 aliphatic heterocycles. The van der Waals surface area contributed by atoms with Crippen molar-refractivity contribution in [2.24, 2.45) is 0 Å². The highest BCUT2D eigenvalue weighted by Crippen LogP contribution is 2.12. The quantitative estimate of drug-likeness (QED) is 0.801. The SMILES string of the molecule is Cc1nc(CCN[C@H](CCc2ccccc2)C(F)F)cs1. The fourth-order valence-corrected chi connectivity index (χ4v) is 2.84. The fourth-order valence-electron chi connectivity index (χ4n) is 2.19. The van der Waals surface area contributed by atoms with E-state index in [-0.39, 0.29) is 0 Å². The van der Waals surface area contributed by atoms with Gasteiger partial charge in [-0.2, -0.15) is 0 Å². The van der Waals surface area contributed by atoms with Gasteiger partial charge in [-0.05, 0) is 25.3 Å². The van der Waals surface area contributed by atoms with Gasteiger partial charge in [-0.25, -0.2) is 13.8 Å². The minimum atomic E-state index is -2.34. The zero-order valence-electron chi connectivity index (χ0n) is 12.1. The Labute approximate surface area is 128 Å². The van der Waals surface area contributed by atoms with Crippen molar-refractivity contribution in [3.63, 3.8) is 0 Å². The Hall–Kier alpha value is -1.33. The first-order valence-electron chi connectivity index (χ1n) is 7.11. The lowest BCUT2D eigenvalue weighted by atomic mass is 10.1. The number of hydrogen-bond donors (Lipinski definition) is 1. The van der Waals surface area contributed by atoms with Gasteiger partial charge in [0.05, 0.1) is 16.7 Å². The van der Waals surface area contributed by atoms with E-state index in [9.17, 15) is 8.78 Å². The molecule has 0 saturated heterocycles. The molecule has 0 bridgehead atoms. The topological polar surface area (TPSA) is 24.9 Å². The third-order valence-electron chi connectivity index (χ3n) is 3.35. The minimum Gasteiger partial charge on any atom is -0.308 e. The predicted molar refractivity (Wildman–Crippen MR) is 83.1 cm³/mol. The van der Waals surface area contributed by atoms with Crippen molar-refractivity contribution in [1.82, 2.24) is 10.3 Å². The van der Waals surface area contributed by atoms with Gasteiger partial charge in [-0.15, -0.1) is 11.3 Å². The first-order chi connectivity index (χ1) is 10.1. The molecule has 0 unspecified atom stereocenters. The number of benzene rings is 1. The maximum atomic E-state index is 13.1. The van der Waals surface area contributed by atoms with E-state index < -0.39 is 12.5 Å². The van der Waals surface area contributed by atoms with Crippen molar-refractivity contribution >= 4 is 11.3 Å². The smallest absolute Gasteiger partial charge is 0.253 e. The highest BCUT2D eigenvalue weighted by molar-refractivity contribution is 7.09. The first kappa shape index (κ1) is 16.0. The third-order valence-corrected chi connectivity index (χ3v) is 4.17. The Morgan fingerprint density at radius 1 is 1.19 bits per heavy atom. The Bertz CT molecular complexity index is 528. The molecular formula is C16H20F2N2S. The van der Waals surface area contributed by atoms with Crippen molar-refractivity contribution in [2.45, 2.75) is 38.7 Å². The Morgan fingerprint density at radius 2 is 1.95 bits per heavy atom. The van der Waals surface area contributed by atoms with E-state index in [2.05, 4.69) is 10.3 Å². The van der Waals surface area contributed by atoms with Gasteiger partial charge in [0.15, 0.2) is 0 Å². The first-order valence-corrected chi connectivity index (χ1v) is 7.99. The number of nitrogens with one attached hydrogen (secondary N) is 1. The van der Waals surface area contributed by atoms with Crippen LogP contribution in [0.1, 0.15) is 22.7 Å². The second-order valence-corrected chi connectivity index (χ2v) is 6.09. The molecule has 1 atom stereocenters. The monoisotopic (exact) mass is 310 g/mol. The van der Waals surface area contributed by atoms with Crippen LogP contribution in [0.4, 0.5) is 8.78 Å². The van der Waals surface area contributed by atoms with Crippen LogP contribution >= 0.6 is 11.3 Å². The highest BCUT2D eigenvalue weighted by atomic mass is 32.1. The van der Waals surface area contributed by atoms with Crippen LogP contribution in [-0.4, -0.2) is 24.0 Å². The molecule has 21 heavy (non-hydrogen) atoms. The van der Waals surface area contributed by atoms with Crippen molar-refractivity contribution in [3.05, 3.63) is 52.0 Å². The van der Waals surface area contributed by atoms with Crippen LogP contribution in [0.15, 0.2) is 35.7 Å². The molecule has 2 aromatic rings. The minimum absolute atomic E-state index is 0.442. The lowest BCUT2D eigenvalue weighted by Crippen LogP contribution is -2.37. The largest absolute Gasteiger partial charge is 0.308 e. The average Bonchev–Trinajstić information content (AvgIpc) is 2.89. The Kier molecular flexibility index (Phi) is 6.26. The van der Waals surface area contributed by atoms with Gasteiger partial charge < -0.3 is 5.32 Å². The molecule has 0 amide bonds. The summed E-state index contributed by atoms with van der Waals surface area (Å²) < 4.78 is 26.1. The van der Waals surface area contributed by atoms with Crippen LogP contribution in [0.5, 0.6) is 0 Å². The predicted octanol–water partition coefficient (Wildman–Crippen LogP) is 3.85. The van der Waals surface area contributed by atoms with Gasteiger partial charge in [-0.1, -0.05) is 30.3 Å². The molecule has 5 heteroatoms. The van der Waals surface area contributed by atoms with E-state index in [4.69, 9.17) is 0 Å². The number of aromatic nitrogens is 1. The molecule has 2 nitrogen and oxygen atoms in total. The molecule has 2 rings (SSSR count). The van der Waals surface area contributed by atoms with E-state index >= 15 is 0 Å². The van der Waals surface area contributed by atoms with Crippen molar-refractivity contribution in [3.8, 4) is 0 Å². The molecule has 1 N–H and O–H groups in total. The highest BCUT2D eigenvalue weighted by Gasteiger charge is 2.19. The van der Waals surface area contributed by atoms with Crippen molar-refractivity contribution in [2.75, 3.05) is 6.54 Å². The Balaban J connectivity index is 1.76. The summed E-state index contributed by atoms with van der Waals surface area (Å²) in [6.45, 7) is 2.48. The van der Waals surface area contributed by atoms with E-state index in [1.165, 1.54) is 0 Å². The molecule has 0 fully saturated rings. The number of rotatable bonds is 8. The van der Waals surface area contributed by atoms with Crippen LogP contribution in [-0.2, 0) is 12.8 Å². The molecule has 114 valence electrons. The summed E-state index contributed by atoms with van der Waals surface area (Å²) in [4.78, 5) is 4.34. The molecule has 0 aliphatic rings. The van der Waals surface area contributed by atoms with Crippen LogP contribution in [0.2, 0.25) is 0 Å². The number of alkyl halides is 2. The van der Waals surface area contributed by atoms with E-state index in [0.29, 0.717) is 25.8 Å².